The number of amides is 4. The summed E-state index contributed by atoms with van der Waals surface area (Å²) in [4.78, 5) is 49.5. The van der Waals surface area contributed by atoms with Gasteiger partial charge in [-0.3, -0.25) is 29.4 Å². The van der Waals surface area contributed by atoms with E-state index >= 15 is 0 Å². The van der Waals surface area contributed by atoms with Crippen LogP contribution in [-0.4, -0.2) is 41.1 Å². The summed E-state index contributed by atoms with van der Waals surface area (Å²) in [7, 11) is 0. The number of fused-ring (bicyclic) bond motifs is 1. The molecule has 7 nitrogen and oxygen atoms in total. The highest BCUT2D eigenvalue weighted by molar-refractivity contribution is 6.24. The molecule has 24 heavy (non-hydrogen) atoms. The van der Waals surface area contributed by atoms with Gasteiger partial charge >= 0.3 is 0 Å². The van der Waals surface area contributed by atoms with Gasteiger partial charge in [-0.25, -0.2) is 0 Å². The van der Waals surface area contributed by atoms with Crippen LogP contribution in [0.5, 0.6) is 0 Å². The maximum Gasteiger partial charge on any atom is 0.262 e. The second-order valence-corrected chi connectivity index (χ2v) is 5.68. The number of nitrogens with zero attached hydrogens (tertiary/aromatic N) is 1. The van der Waals surface area contributed by atoms with Crippen molar-refractivity contribution in [2.75, 3.05) is 6.54 Å². The molecule has 128 valence electrons. The number of benzene rings is 1. The average Bonchev–Trinajstić information content (AvgIpc) is 2.78. The lowest BCUT2D eigenvalue weighted by Crippen LogP contribution is -2.54. The summed E-state index contributed by atoms with van der Waals surface area (Å²) in [5.74, 6) is -1.92. The Morgan fingerprint density at radius 3 is 2.58 bits per heavy atom. The van der Waals surface area contributed by atoms with E-state index in [1.54, 1.807) is 18.2 Å². The van der Waals surface area contributed by atoms with Crippen molar-refractivity contribution < 1.29 is 19.2 Å². The van der Waals surface area contributed by atoms with Crippen molar-refractivity contribution in [1.29, 1.82) is 0 Å². The molecular formula is C16H18ClN3O4. The third kappa shape index (κ3) is 2.92. The van der Waals surface area contributed by atoms with Crippen molar-refractivity contribution in [2.45, 2.75) is 31.7 Å². The van der Waals surface area contributed by atoms with E-state index in [2.05, 4.69) is 5.32 Å². The van der Waals surface area contributed by atoms with E-state index in [1.807, 2.05) is 0 Å². The average molecular weight is 352 g/mol. The zero-order chi connectivity index (χ0) is 16.6. The number of carbonyl (C=O) groups excluding carboxylic acids is 4. The highest BCUT2D eigenvalue weighted by atomic mass is 35.5. The fourth-order valence-electron chi connectivity index (χ4n) is 3.09. The first-order valence-electron chi connectivity index (χ1n) is 7.58. The Bertz CT molecular complexity index is 719. The van der Waals surface area contributed by atoms with E-state index in [0.29, 0.717) is 30.5 Å². The fourth-order valence-corrected chi connectivity index (χ4v) is 3.09. The van der Waals surface area contributed by atoms with Crippen LogP contribution >= 0.6 is 12.4 Å². The maximum absolute atomic E-state index is 12.7. The number of nitrogens with one attached hydrogen (secondary N) is 1. The molecule has 0 spiro atoms. The zero-order valence-electron chi connectivity index (χ0n) is 12.9. The van der Waals surface area contributed by atoms with Crippen molar-refractivity contribution in [3.05, 3.63) is 34.9 Å². The van der Waals surface area contributed by atoms with E-state index in [-0.39, 0.29) is 31.2 Å². The summed E-state index contributed by atoms with van der Waals surface area (Å²) in [6, 6.07) is 4.19. The lowest BCUT2D eigenvalue weighted by molar-refractivity contribution is -0.136. The number of piperidine rings is 1. The monoisotopic (exact) mass is 351 g/mol. The van der Waals surface area contributed by atoms with Crippen molar-refractivity contribution in [3.8, 4) is 0 Å². The number of aryl methyl sites for hydroxylation is 1. The van der Waals surface area contributed by atoms with E-state index in [9.17, 15) is 19.2 Å². The summed E-state index contributed by atoms with van der Waals surface area (Å²) < 4.78 is 0. The number of halogens is 1. The van der Waals surface area contributed by atoms with Crippen LogP contribution in [-0.2, 0) is 16.0 Å². The zero-order valence-corrected chi connectivity index (χ0v) is 13.7. The molecule has 4 amide bonds. The van der Waals surface area contributed by atoms with Gasteiger partial charge < -0.3 is 5.73 Å². The number of rotatable bonds is 4. The molecule has 0 aliphatic carbocycles. The highest BCUT2D eigenvalue weighted by Gasteiger charge is 2.45. The molecule has 1 unspecified atom stereocenters. The number of hydrogen-bond donors (Lipinski definition) is 2. The smallest absolute Gasteiger partial charge is 0.262 e. The lowest BCUT2D eigenvalue weighted by Gasteiger charge is -2.27. The van der Waals surface area contributed by atoms with Crippen LogP contribution in [0.3, 0.4) is 0 Å². The first-order valence-corrected chi connectivity index (χ1v) is 7.58. The first-order chi connectivity index (χ1) is 11.0. The van der Waals surface area contributed by atoms with Crippen molar-refractivity contribution in [3.63, 3.8) is 0 Å². The van der Waals surface area contributed by atoms with Crippen LogP contribution < -0.4 is 11.1 Å². The number of hydrogen-bond acceptors (Lipinski definition) is 5. The largest absolute Gasteiger partial charge is 0.330 e. The Balaban J connectivity index is 0.00000208. The van der Waals surface area contributed by atoms with Gasteiger partial charge in [0.15, 0.2) is 0 Å². The topological polar surface area (TPSA) is 110 Å². The molecule has 3 N–H and O–H groups in total. The second-order valence-electron chi connectivity index (χ2n) is 5.68. The van der Waals surface area contributed by atoms with Crippen LogP contribution in [0.2, 0.25) is 0 Å². The molecule has 0 saturated carbocycles. The summed E-state index contributed by atoms with van der Waals surface area (Å²) in [6.07, 6.45) is 1.58. The Kier molecular flexibility index (Phi) is 5.36. The Hall–Kier alpha value is -2.25. The Labute approximate surface area is 145 Å². The highest BCUT2D eigenvalue weighted by Crippen LogP contribution is 2.30. The minimum Gasteiger partial charge on any atom is -0.330 e. The molecule has 8 heteroatoms. The minimum absolute atomic E-state index is 0. The van der Waals surface area contributed by atoms with Gasteiger partial charge in [0.05, 0.1) is 11.1 Å². The molecule has 1 fully saturated rings. The van der Waals surface area contributed by atoms with Crippen LogP contribution in [0.4, 0.5) is 0 Å². The van der Waals surface area contributed by atoms with Gasteiger partial charge in [0.2, 0.25) is 11.8 Å². The number of nitrogens with two attached hydrogens (primary N) is 1. The molecule has 2 heterocycles. The Morgan fingerprint density at radius 2 is 1.92 bits per heavy atom. The van der Waals surface area contributed by atoms with E-state index in [1.165, 1.54) is 0 Å². The summed E-state index contributed by atoms with van der Waals surface area (Å²) in [5.41, 5.74) is 6.95. The maximum atomic E-state index is 12.7. The standard InChI is InChI=1S/C16H17N3O4.ClH/c17-8-2-4-9-3-1-5-10-13(9)16(23)19(15(10)22)11-6-7-12(20)18-14(11)21;/h1,3,5,11H,2,4,6-8,17H2,(H,18,20,21);1H. The first kappa shape index (κ1) is 18.1. The molecule has 3 rings (SSSR count). The van der Waals surface area contributed by atoms with Crippen LogP contribution in [0.25, 0.3) is 0 Å². The van der Waals surface area contributed by atoms with E-state index in [4.69, 9.17) is 5.73 Å². The van der Waals surface area contributed by atoms with Gasteiger partial charge in [-0.05, 0) is 37.4 Å². The van der Waals surface area contributed by atoms with Gasteiger partial charge in [0.25, 0.3) is 11.8 Å². The van der Waals surface area contributed by atoms with Crippen molar-refractivity contribution in [1.82, 2.24) is 10.2 Å². The Morgan fingerprint density at radius 1 is 1.17 bits per heavy atom. The SMILES string of the molecule is Cl.NCCCc1cccc2c1C(=O)N(C1CCC(=O)NC1=O)C2=O. The predicted molar refractivity (Wildman–Crippen MR) is 87.7 cm³/mol. The molecule has 0 bridgehead atoms. The summed E-state index contributed by atoms with van der Waals surface area (Å²) in [5, 5.41) is 2.18. The molecule has 2 aliphatic heterocycles. The second kappa shape index (κ2) is 7.11. The van der Waals surface area contributed by atoms with Gasteiger partial charge in [-0.15, -0.1) is 12.4 Å². The molecule has 1 aromatic carbocycles. The minimum atomic E-state index is -0.928. The lowest BCUT2D eigenvalue weighted by atomic mass is 9.99. The molecule has 1 atom stereocenters. The van der Waals surface area contributed by atoms with Gasteiger partial charge in [-0.1, -0.05) is 12.1 Å². The van der Waals surface area contributed by atoms with E-state index in [0.717, 1.165) is 10.5 Å². The summed E-state index contributed by atoms with van der Waals surface area (Å²) in [6.45, 7) is 0.489. The predicted octanol–water partition coefficient (Wildman–Crippen LogP) is 0.401. The van der Waals surface area contributed by atoms with Gasteiger partial charge in [-0.2, -0.15) is 0 Å². The molecular weight excluding hydrogens is 334 g/mol. The van der Waals surface area contributed by atoms with Crippen molar-refractivity contribution >= 4 is 36.0 Å². The molecule has 0 aromatic heterocycles. The number of carbonyl (C=O) groups is 4. The normalized spacial score (nSPS) is 19.9. The van der Waals surface area contributed by atoms with Crippen molar-refractivity contribution in [2.24, 2.45) is 5.73 Å². The quantitative estimate of drug-likeness (QED) is 0.763. The molecule has 2 aliphatic rings. The van der Waals surface area contributed by atoms with Crippen LogP contribution in [0.1, 0.15) is 45.5 Å². The van der Waals surface area contributed by atoms with Crippen LogP contribution in [0, 0.1) is 0 Å². The molecule has 1 aromatic rings. The third-order valence-corrected chi connectivity index (χ3v) is 4.20. The summed E-state index contributed by atoms with van der Waals surface area (Å²) >= 11 is 0. The molecule has 1 saturated heterocycles. The fraction of sp³-hybridized carbons (Fsp3) is 0.375. The molecule has 0 radical (unpaired) electrons. The van der Waals surface area contributed by atoms with E-state index < -0.39 is 23.8 Å². The van der Waals surface area contributed by atoms with Gasteiger partial charge in [0, 0.05) is 6.42 Å². The van der Waals surface area contributed by atoms with Crippen LogP contribution in [0.15, 0.2) is 18.2 Å². The van der Waals surface area contributed by atoms with Gasteiger partial charge in [0.1, 0.15) is 6.04 Å². The number of imide groups is 2. The third-order valence-electron chi connectivity index (χ3n) is 4.20.